The smallest absolute Gasteiger partial charge is 0.159 e. The van der Waals surface area contributed by atoms with E-state index in [0.29, 0.717) is 6.42 Å². The summed E-state index contributed by atoms with van der Waals surface area (Å²) in [6.07, 6.45) is 4.13. The molecular formula is C8H10O. The summed E-state index contributed by atoms with van der Waals surface area (Å²) >= 11 is 0. The fraction of sp³-hybridized carbons (Fsp3) is 0.375. The molecule has 0 bridgehead atoms. The van der Waals surface area contributed by atoms with Gasteiger partial charge >= 0.3 is 0 Å². The van der Waals surface area contributed by atoms with Crippen molar-refractivity contribution in [2.24, 2.45) is 0 Å². The van der Waals surface area contributed by atoms with Gasteiger partial charge in [0.2, 0.25) is 0 Å². The van der Waals surface area contributed by atoms with E-state index >= 15 is 0 Å². The topological polar surface area (TPSA) is 17.1 Å². The molecule has 0 heterocycles. The van der Waals surface area contributed by atoms with E-state index in [2.05, 4.69) is 0 Å². The second-order valence-corrected chi connectivity index (χ2v) is 2.44. The molecule has 48 valence electrons. The number of carbonyl (C=O) groups is 1. The lowest BCUT2D eigenvalue weighted by molar-refractivity contribution is -0.114. The number of allylic oxidation sites excluding steroid dienone is 4. The van der Waals surface area contributed by atoms with Gasteiger partial charge in [-0.15, -0.1) is 0 Å². The van der Waals surface area contributed by atoms with Gasteiger partial charge in [-0.05, 0) is 19.9 Å². The van der Waals surface area contributed by atoms with Crippen LogP contribution in [0.5, 0.6) is 0 Å². The summed E-state index contributed by atoms with van der Waals surface area (Å²) in [6.45, 7) is 4.02. The first kappa shape index (κ1) is 6.27. The molecule has 0 aliphatic heterocycles. The highest BCUT2D eigenvalue weighted by atomic mass is 16.1. The van der Waals surface area contributed by atoms with E-state index in [1.807, 2.05) is 19.9 Å². The summed E-state index contributed by atoms with van der Waals surface area (Å²) in [5.41, 5.74) is 2.43. The molecule has 0 spiro atoms. The van der Waals surface area contributed by atoms with Gasteiger partial charge in [-0.25, -0.2) is 0 Å². The van der Waals surface area contributed by atoms with Crippen molar-refractivity contribution in [2.45, 2.75) is 20.3 Å². The minimum atomic E-state index is 0.220. The average molecular weight is 122 g/mol. The molecule has 0 fully saturated rings. The lowest BCUT2D eigenvalue weighted by atomic mass is 10.00. The van der Waals surface area contributed by atoms with Crippen LogP contribution in [0, 0.1) is 0 Å². The van der Waals surface area contributed by atoms with Crippen molar-refractivity contribution in [3.05, 3.63) is 23.3 Å². The van der Waals surface area contributed by atoms with E-state index in [1.165, 1.54) is 11.1 Å². The summed E-state index contributed by atoms with van der Waals surface area (Å²) in [6, 6.07) is 0. The fourth-order valence-corrected chi connectivity index (χ4v) is 0.820. The van der Waals surface area contributed by atoms with Crippen LogP contribution >= 0.6 is 0 Å². The Balaban J connectivity index is 2.87. The van der Waals surface area contributed by atoms with Gasteiger partial charge in [-0.2, -0.15) is 0 Å². The number of hydrogen-bond donors (Lipinski definition) is 0. The Morgan fingerprint density at radius 2 is 2.00 bits per heavy atom. The van der Waals surface area contributed by atoms with E-state index in [9.17, 15) is 4.79 Å². The predicted molar refractivity (Wildman–Crippen MR) is 37.1 cm³/mol. The molecule has 0 radical (unpaired) electrons. The van der Waals surface area contributed by atoms with Crippen LogP contribution < -0.4 is 0 Å². The van der Waals surface area contributed by atoms with Gasteiger partial charge in [0.15, 0.2) is 5.78 Å². The van der Waals surface area contributed by atoms with Crippen molar-refractivity contribution >= 4 is 5.78 Å². The van der Waals surface area contributed by atoms with Crippen LogP contribution in [0.2, 0.25) is 0 Å². The van der Waals surface area contributed by atoms with Gasteiger partial charge < -0.3 is 0 Å². The highest BCUT2D eigenvalue weighted by Gasteiger charge is 2.04. The van der Waals surface area contributed by atoms with Crippen LogP contribution in [-0.2, 0) is 4.79 Å². The molecule has 1 heteroatoms. The summed E-state index contributed by atoms with van der Waals surface area (Å²) in [4.78, 5) is 10.7. The summed E-state index contributed by atoms with van der Waals surface area (Å²) < 4.78 is 0. The number of rotatable bonds is 0. The minimum absolute atomic E-state index is 0.220. The normalized spacial score (nSPS) is 19.1. The first-order valence-corrected chi connectivity index (χ1v) is 3.07. The zero-order valence-corrected chi connectivity index (χ0v) is 5.77. The van der Waals surface area contributed by atoms with E-state index in [4.69, 9.17) is 0 Å². The van der Waals surface area contributed by atoms with Gasteiger partial charge in [-0.1, -0.05) is 17.2 Å². The molecule has 1 rings (SSSR count). The SMILES string of the molecule is CC1=C(C)CC(=O)C=C1. The summed E-state index contributed by atoms with van der Waals surface area (Å²) in [5.74, 6) is 0.220. The quantitative estimate of drug-likeness (QED) is 0.479. The summed E-state index contributed by atoms with van der Waals surface area (Å²) in [5, 5.41) is 0. The molecule has 1 aliphatic carbocycles. The number of ketones is 1. The molecule has 0 saturated carbocycles. The van der Waals surface area contributed by atoms with Gasteiger partial charge in [0, 0.05) is 6.42 Å². The Labute approximate surface area is 55.1 Å². The highest BCUT2D eigenvalue weighted by Crippen LogP contribution is 2.14. The Bertz CT molecular complexity index is 197. The molecule has 1 aliphatic rings. The predicted octanol–water partition coefficient (Wildman–Crippen LogP) is 1.85. The fourth-order valence-electron chi connectivity index (χ4n) is 0.820. The van der Waals surface area contributed by atoms with Crippen molar-refractivity contribution in [1.82, 2.24) is 0 Å². The lowest BCUT2D eigenvalue weighted by Gasteiger charge is -2.05. The maximum Gasteiger partial charge on any atom is 0.159 e. The first-order valence-electron chi connectivity index (χ1n) is 3.07. The van der Waals surface area contributed by atoms with Crippen LogP contribution in [0.4, 0.5) is 0 Å². The largest absolute Gasteiger partial charge is 0.294 e. The molecule has 0 amide bonds. The van der Waals surface area contributed by atoms with E-state index < -0.39 is 0 Å². The monoisotopic (exact) mass is 122 g/mol. The van der Waals surface area contributed by atoms with Crippen molar-refractivity contribution in [1.29, 1.82) is 0 Å². The van der Waals surface area contributed by atoms with Crippen molar-refractivity contribution in [3.8, 4) is 0 Å². The molecular weight excluding hydrogens is 112 g/mol. The van der Waals surface area contributed by atoms with Crippen molar-refractivity contribution < 1.29 is 4.79 Å². The Morgan fingerprint density at radius 3 is 2.44 bits per heavy atom. The highest BCUT2D eigenvalue weighted by molar-refractivity contribution is 5.93. The minimum Gasteiger partial charge on any atom is -0.294 e. The van der Waals surface area contributed by atoms with Crippen LogP contribution in [0.25, 0.3) is 0 Å². The van der Waals surface area contributed by atoms with Gasteiger partial charge in [0.1, 0.15) is 0 Å². The lowest BCUT2D eigenvalue weighted by Crippen LogP contribution is -1.99. The number of hydrogen-bond acceptors (Lipinski definition) is 1. The van der Waals surface area contributed by atoms with Gasteiger partial charge in [0.05, 0.1) is 0 Å². The van der Waals surface area contributed by atoms with Crippen LogP contribution in [0.1, 0.15) is 20.3 Å². The van der Waals surface area contributed by atoms with Crippen LogP contribution in [0.15, 0.2) is 23.3 Å². The van der Waals surface area contributed by atoms with Crippen molar-refractivity contribution in [3.63, 3.8) is 0 Å². The molecule has 1 nitrogen and oxygen atoms in total. The third-order valence-corrected chi connectivity index (χ3v) is 1.63. The molecule has 0 aromatic rings. The Hall–Kier alpha value is -0.850. The molecule has 0 aromatic heterocycles. The molecule has 0 saturated heterocycles. The number of carbonyl (C=O) groups excluding carboxylic acids is 1. The third-order valence-electron chi connectivity index (χ3n) is 1.63. The second kappa shape index (κ2) is 2.18. The van der Waals surface area contributed by atoms with E-state index in [-0.39, 0.29) is 5.78 Å². The molecule has 0 aromatic carbocycles. The average Bonchev–Trinajstić information content (AvgIpc) is 1.80. The molecule has 0 unspecified atom stereocenters. The van der Waals surface area contributed by atoms with Crippen LogP contribution in [0.3, 0.4) is 0 Å². The standard InChI is InChI=1S/C8H10O/c1-6-3-4-8(9)5-7(6)2/h3-4H,5H2,1-2H3. The van der Waals surface area contributed by atoms with Gasteiger partial charge in [0.25, 0.3) is 0 Å². The summed E-state index contributed by atoms with van der Waals surface area (Å²) in [7, 11) is 0. The second-order valence-electron chi connectivity index (χ2n) is 2.44. The Morgan fingerprint density at radius 1 is 1.33 bits per heavy atom. The Kier molecular flexibility index (Phi) is 1.52. The van der Waals surface area contributed by atoms with E-state index in [0.717, 1.165) is 0 Å². The maximum absolute atomic E-state index is 10.7. The van der Waals surface area contributed by atoms with Gasteiger partial charge in [-0.3, -0.25) is 4.79 Å². The third kappa shape index (κ3) is 1.28. The molecule has 0 atom stereocenters. The molecule has 0 N–H and O–H groups in total. The maximum atomic E-state index is 10.7. The van der Waals surface area contributed by atoms with E-state index in [1.54, 1.807) is 6.08 Å². The molecule has 9 heavy (non-hydrogen) atoms. The zero-order valence-electron chi connectivity index (χ0n) is 5.77. The van der Waals surface area contributed by atoms with Crippen LogP contribution in [-0.4, -0.2) is 5.78 Å². The zero-order chi connectivity index (χ0) is 6.85. The van der Waals surface area contributed by atoms with Crippen molar-refractivity contribution in [2.75, 3.05) is 0 Å². The first-order chi connectivity index (χ1) is 4.20.